The van der Waals surface area contributed by atoms with Gasteiger partial charge in [-0.15, -0.1) is 0 Å². The summed E-state index contributed by atoms with van der Waals surface area (Å²) in [4.78, 5) is 11.3. The van der Waals surface area contributed by atoms with E-state index in [1.54, 1.807) is 24.3 Å². The molecule has 0 aliphatic rings. The predicted molar refractivity (Wildman–Crippen MR) is 93.7 cm³/mol. The summed E-state index contributed by atoms with van der Waals surface area (Å²) in [6.45, 7) is 1.11. The van der Waals surface area contributed by atoms with E-state index in [2.05, 4.69) is 5.32 Å². The third-order valence-electron chi connectivity index (χ3n) is 4.18. The van der Waals surface area contributed by atoms with Gasteiger partial charge in [-0.25, -0.2) is 0 Å². The number of aliphatic hydroxyl groups excluding tert-OH is 1. The molecular formula is C19H21F3N2O3. The first-order valence-corrected chi connectivity index (χ1v) is 8.18. The van der Waals surface area contributed by atoms with Crippen molar-refractivity contribution in [1.29, 1.82) is 0 Å². The minimum Gasteiger partial charge on any atom is -0.489 e. The van der Waals surface area contributed by atoms with E-state index in [1.807, 2.05) is 0 Å². The van der Waals surface area contributed by atoms with Crippen molar-refractivity contribution in [3.05, 3.63) is 65.2 Å². The molecule has 0 fully saturated rings. The molecule has 27 heavy (non-hydrogen) atoms. The zero-order valence-corrected chi connectivity index (χ0v) is 14.7. The number of amides is 1. The summed E-state index contributed by atoms with van der Waals surface area (Å²) in [6.07, 6.45) is -4.44. The summed E-state index contributed by atoms with van der Waals surface area (Å²) in [7, 11) is 0. The highest BCUT2D eigenvalue weighted by molar-refractivity contribution is 5.84. The van der Waals surface area contributed by atoms with Crippen LogP contribution in [0.3, 0.4) is 0 Å². The number of ether oxygens (including phenoxy) is 1. The van der Waals surface area contributed by atoms with Crippen molar-refractivity contribution in [3.8, 4) is 5.75 Å². The molecule has 146 valence electrons. The first-order chi connectivity index (χ1) is 12.7. The summed E-state index contributed by atoms with van der Waals surface area (Å²) in [5.41, 5.74) is 4.13. The van der Waals surface area contributed by atoms with E-state index in [4.69, 9.17) is 10.5 Å². The molecule has 0 bridgehead atoms. The number of alkyl halides is 3. The van der Waals surface area contributed by atoms with E-state index in [0.717, 1.165) is 11.6 Å². The second-order valence-corrected chi connectivity index (χ2v) is 6.30. The SMILES string of the molecule is CC(CO)(NCc1ccc(OCc2ccccc2C(F)(F)F)cc1)C(N)=O. The van der Waals surface area contributed by atoms with Crippen LogP contribution in [0.15, 0.2) is 48.5 Å². The molecular weight excluding hydrogens is 361 g/mol. The lowest BCUT2D eigenvalue weighted by molar-refractivity contribution is -0.138. The second-order valence-electron chi connectivity index (χ2n) is 6.30. The number of hydrogen-bond acceptors (Lipinski definition) is 4. The number of benzene rings is 2. The molecule has 0 spiro atoms. The topological polar surface area (TPSA) is 84.6 Å². The summed E-state index contributed by atoms with van der Waals surface area (Å²) < 4.78 is 44.4. The molecule has 1 amide bonds. The first kappa shape index (κ1) is 20.7. The second kappa shape index (κ2) is 8.41. The number of hydrogen-bond donors (Lipinski definition) is 3. The lowest BCUT2D eigenvalue weighted by Crippen LogP contribution is -2.55. The summed E-state index contributed by atoms with van der Waals surface area (Å²) in [6, 6.07) is 11.9. The fourth-order valence-electron chi connectivity index (χ4n) is 2.31. The van der Waals surface area contributed by atoms with Gasteiger partial charge in [-0.3, -0.25) is 10.1 Å². The van der Waals surface area contributed by atoms with E-state index < -0.39 is 29.8 Å². The fourth-order valence-corrected chi connectivity index (χ4v) is 2.31. The maximum atomic E-state index is 13.0. The molecule has 5 nitrogen and oxygen atoms in total. The van der Waals surface area contributed by atoms with Crippen molar-refractivity contribution in [3.63, 3.8) is 0 Å². The number of carbonyl (C=O) groups excluding carboxylic acids is 1. The zero-order chi connectivity index (χ0) is 20.1. The van der Waals surface area contributed by atoms with Gasteiger partial charge in [0.1, 0.15) is 17.9 Å². The van der Waals surface area contributed by atoms with Crippen LogP contribution in [0, 0.1) is 0 Å². The van der Waals surface area contributed by atoms with Crippen molar-refractivity contribution >= 4 is 5.91 Å². The van der Waals surface area contributed by atoms with Gasteiger partial charge in [0.25, 0.3) is 0 Å². The minimum absolute atomic E-state index is 0.0518. The van der Waals surface area contributed by atoms with E-state index in [1.165, 1.54) is 25.1 Å². The van der Waals surface area contributed by atoms with Crippen molar-refractivity contribution in [2.24, 2.45) is 5.73 Å². The van der Waals surface area contributed by atoms with Gasteiger partial charge < -0.3 is 15.6 Å². The molecule has 0 aliphatic heterocycles. The van der Waals surface area contributed by atoms with Crippen molar-refractivity contribution in [2.45, 2.75) is 31.8 Å². The van der Waals surface area contributed by atoms with Crippen LogP contribution in [0.2, 0.25) is 0 Å². The predicted octanol–water partition coefficient (Wildman–Crippen LogP) is 2.61. The number of halogens is 3. The number of nitrogens with two attached hydrogens (primary N) is 1. The standard InChI is InChI=1S/C19H21F3N2O3/c1-18(12-25,17(23)26)24-10-13-6-8-15(9-7-13)27-11-14-4-2-3-5-16(14)19(20,21)22/h2-9,24-25H,10-12H2,1H3,(H2,23,26). The van der Waals surface area contributed by atoms with Crippen LogP contribution in [0.1, 0.15) is 23.6 Å². The molecule has 8 heteroatoms. The fraction of sp³-hybridized carbons (Fsp3) is 0.316. The maximum Gasteiger partial charge on any atom is 0.416 e. The quantitative estimate of drug-likeness (QED) is 0.655. The average molecular weight is 382 g/mol. The average Bonchev–Trinajstić information content (AvgIpc) is 2.64. The van der Waals surface area contributed by atoms with Gasteiger partial charge in [0.05, 0.1) is 12.2 Å². The van der Waals surface area contributed by atoms with Gasteiger partial charge in [-0.1, -0.05) is 30.3 Å². The molecule has 4 N–H and O–H groups in total. The van der Waals surface area contributed by atoms with Crippen LogP contribution in [0.4, 0.5) is 13.2 Å². The molecule has 1 unspecified atom stereocenters. The summed E-state index contributed by atoms with van der Waals surface area (Å²) >= 11 is 0. The number of primary amides is 1. The maximum absolute atomic E-state index is 13.0. The molecule has 0 aromatic heterocycles. The third-order valence-corrected chi connectivity index (χ3v) is 4.18. The Bertz CT molecular complexity index is 779. The van der Waals surface area contributed by atoms with E-state index in [0.29, 0.717) is 5.75 Å². The van der Waals surface area contributed by atoms with Crippen molar-refractivity contribution < 1.29 is 27.8 Å². The highest BCUT2D eigenvalue weighted by Crippen LogP contribution is 2.32. The largest absolute Gasteiger partial charge is 0.489 e. The molecule has 2 aromatic rings. The Hall–Kier alpha value is -2.58. The molecule has 0 radical (unpaired) electrons. The number of rotatable bonds is 8. The van der Waals surface area contributed by atoms with Crippen molar-refractivity contribution in [1.82, 2.24) is 5.32 Å². The Morgan fingerprint density at radius 2 is 1.78 bits per heavy atom. The number of carbonyl (C=O) groups is 1. The Labute approximate surface area is 154 Å². The summed E-state index contributed by atoms with van der Waals surface area (Å²) in [5, 5.41) is 12.1. The molecule has 1 atom stereocenters. The van der Waals surface area contributed by atoms with Crippen LogP contribution in [0.25, 0.3) is 0 Å². The molecule has 2 rings (SSSR count). The Morgan fingerprint density at radius 1 is 1.15 bits per heavy atom. The third kappa shape index (κ3) is 5.45. The Balaban J connectivity index is 1.98. The van der Waals surface area contributed by atoms with Crippen LogP contribution < -0.4 is 15.8 Å². The number of nitrogens with one attached hydrogen (secondary N) is 1. The van der Waals surface area contributed by atoms with Crippen LogP contribution in [-0.4, -0.2) is 23.2 Å². The van der Waals surface area contributed by atoms with E-state index >= 15 is 0 Å². The molecule has 0 heterocycles. The van der Waals surface area contributed by atoms with Gasteiger partial charge >= 0.3 is 6.18 Å². The van der Waals surface area contributed by atoms with E-state index in [-0.39, 0.29) is 18.7 Å². The lowest BCUT2D eigenvalue weighted by atomic mass is 10.0. The van der Waals surface area contributed by atoms with E-state index in [9.17, 15) is 23.1 Å². The van der Waals surface area contributed by atoms with Gasteiger partial charge in [0, 0.05) is 12.1 Å². The zero-order valence-electron chi connectivity index (χ0n) is 14.7. The highest BCUT2D eigenvalue weighted by Gasteiger charge is 2.33. The van der Waals surface area contributed by atoms with Gasteiger partial charge in [-0.2, -0.15) is 13.2 Å². The van der Waals surface area contributed by atoms with Crippen LogP contribution in [-0.2, 0) is 24.1 Å². The Kier molecular flexibility index (Phi) is 6.45. The molecule has 0 saturated heterocycles. The monoisotopic (exact) mass is 382 g/mol. The Morgan fingerprint density at radius 3 is 2.33 bits per heavy atom. The molecule has 2 aromatic carbocycles. The highest BCUT2D eigenvalue weighted by atomic mass is 19.4. The lowest BCUT2D eigenvalue weighted by Gasteiger charge is -2.25. The number of aliphatic hydroxyl groups is 1. The minimum atomic E-state index is -4.44. The van der Waals surface area contributed by atoms with Crippen LogP contribution >= 0.6 is 0 Å². The smallest absolute Gasteiger partial charge is 0.416 e. The van der Waals surface area contributed by atoms with Crippen molar-refractivity contribution in [2.75, 3.05) is 6.61 Å². The first-order valence-electron chi connectivity index (χ1n) is 8.18. The van der Waals surface area contributed by atoms with Gasteiger partial charge in [-0.05, 0) is 30.7 Å². The normalized spacial score (nSPS) is 13.8. The van der Waals surface area contributed by atoms with Gasteiger partial charge in [0.2, 0.25) is 5.91 Å². The molecule has 0 saturated carbocycles. The van der Waals surface area contributed by atoms with Crippen LogP contribution in [0.5, 0.6) is 5.75 Å². The van der Waals surface area contributed by atoms with Gasteiger partial charge in [0.15, 0.2) is 0 Å². The summed E-state index contributed by atoms with van der Waals surface area (Å²) in [5.74, 6) is -0.260. The molecule has 0 aliphatic carbocycles.